The fourth-order valence-electron chi connectivity index (χ4n) is 1.14. The van der Waals surface area contributed by atoms with Crippen LogP contribution in [-0.4, -0.2) is 21.5 Å². The normalized spacial score (nSPS) is 11.2. The summed E-state index contributed by atoms with van der Waals surface area (Å²) in [6.07, 6.45) is 0. The zero-order valence-corrected chi connectivity index (χ0v) is 11.4. The molecule has 0 heterocycles. The van der Waals surface area contributed by atoms with Gasteiger partial charge in [-0.15, -0.1) is 0 Å². The fourth-order valence-corrected chi connectivity index (χ4v) is 2.86. The van der Waals surface area contributed by atoms with E-state index >= 15 is 0 Å². The summed E-state index contributed by atoms with van der Waals surface area (Å²) in [7, 11) is 2.73. The SMILES string of the molecule is COC(=O)c1cccc(CS(=O)(=O)Cl)c1Br. The maximum absolute atomic E-state index is 11.3. The van der Waals surface area contributed by atoms with Gasteiger partial charge in [0.1, 0.15) is 0 Å². The Morgan fingerprint density at radius 1 is 1.50 bits per heavy atom. The van der Waals surface area contributed by atoms with Gasteiger partial charge < -0.3 is 4.74 Å². The molecular formula is C9H8BrClO4S. The maximum Gasteiger partial charge on any atom is 0.339 e. The molecule has 0 atom stereocenters. The second-order valence-electron chi connectivity index (χ2n) is 2.95. The van der Waals surface area contributed by atoms with Crippen molar-refractivity contribution >= 4 is 41.6 Å². The number of ether oxygens (including phenoxy) is 1. The third kappa shape index (κ3) is 3.47. The van der Waals surface area contributed by atoms with E-state index in [2.05, 4.69) is 20.7 Å². The minimum atomic E-state index is -3.66. The van der Waals surface area contributed by atoms with E-state index in [4.69, 9.17) is 10.7 Å². The number of esters is 1. The van der Waals surface area contributed by atoms with Crippen molar-refractivity contribution in [3.05, 3.63) is 33.8 Å². The van der Waals surface area contributed by atoms with Crippen molar-refractivity contribution in [1.29, 1.82) is 0 Å². The van der Waals surface area contributed by atoms with E-state index in [-0.39, 0.29) is 11.3 Å². The second kappa shape index (κ2) is 5.16. The van der Waals surface area contributed by atoms with Crippen LogP contribution >= 0.6 is 26.6 Å². The molecule has 0 saturated carbocycles. The van der Waals surface area contributed by atoms with Gasteiger partial charge in [-0.2, -0.15) is 0 Å². The Bertz CT molecular complexity index is 512. The van der Waals surface area contributed by atoms with Gasteiger partial charge in [-0.1, -0.05) is 12.1 Å². The molecule has 0 amide bonds. The number of halogens is 2. The van der Waals surface area contributed by atoms with Gasteiger partial charge in [-0.05, 0) is 27.6 Å². The molecule has 0 aromatic heterocycles. The number of hydrogen-bond donors (Lipinski definition) is 0. The summed E-state index contributed by atoms with van der Waals surface area (Å²) in [5.74, 6) is -0.888. The Morgan fingerprint density at radius 3 is 2.62 bits per heavy atom. The lowest BCUT2D eigenvalue weighted by Crippen LogP contribution is -2.05. The first kappa shape index (κ1) is 13.5. The summed E-state index contributed by atoms with van der Waals surface area (Å²) in [5.41, 5.74) is 0.679. The molecule has 0 N–H and O–H groups in total. The fraction of sp³-hybridized carbons (Fsp3) is 0.222. The molecule has 0 aliphatic carbocycles. The van der Waals surface area contributed by atoms with Crippen LogP contribution in [0.5, 0.6) is 0 Å². The van der Waals surface area contributed by atoms with E-state index in [1.165, 1.54) is 13.2 Å². The van der Waals surface area contributed by atoms with E-state index in [1.54, 1.807) is 12.1 Å². The lowest BCUT2D eigenvalue weighted by Gasteiger charge is -2.06. The highest BCUT2D eigenvalue weighted by molar-refractivity contribution is 9.10. The molecule has 0 spiro atoms. The quantitative estimate of drug-likeness (QED) is 0.631. The van der Waals surface area contributed by atoms with Gasteiger partial charge in [-0.3, -0.25) is 0 Å². The summed E-state index contributed by atoms with van der Waals surface area (Å²) in [4.78, 5) is 11.3. The molecule has 0 radical (unpaired) electrons. The molecule has 0 saturated heterocycles. The van der Waals surface area contributed by atoms with Crippen LogP contribution in [0.25, 0.3) is 0 Å². The standard InChI is InChI=1S/C9H8BrClO4S/c1-15-9(12)7-4-2-3-6(8(7)10)5-16(11,13)14/h2-4H,5H2,1H3. The molecule has 7 heteroatoms. The molecule has 1 rings (SSSR count). The minimum absolute atomic E-state index is 0.264. The van der Waals surface area contributed by atoms with Crippen LogP contribution in [0.3, 0.4) is 0 Å². The molecule has 0 fully saturated rings. The van der Waals surface area contributed by atoms with Gasteiger partial charge in [0.15, 0.2) is 0 Å². The number of benzene rings is 1. The van der Waals surface area contributed by atoms with Crippen molar-refractivity contribution < 1.29 is 17.9 Å². The van der Waals surface area contributed by atoms with Gasteiger partial charge in [0.2, 0.25) is 9.05 Å². The van der Waals surface area contributed by atoms with Gasteiger partial charge >= 0.3 is 5.97 Å². The van der Waals surface area contributed by atoms with E-state index in [9.17, 15) is 13.2 Å². The summed E-state index contributed by atoms with van der Waals surface area (Å²) in [6, 6.07) is 4.66. The lowest BCUT2D eigenvalue weighted by atomic mass is 10.1. The summed E-state index contributed by atoms with van der Waals surface area (Å²) in [6.45, 7) is 0. The third-order valence-corrected chi connectivity index (χ3v) is 3.73. The average Bonchev–Trinajstić information content (AvgIpc) is 2.18. The van der Waals surface area contributed by atoms with Crippen LogP contribution in [-0.2, 0) is 19.5 Å². The smallest absolute Gasteiger partial charge is 0.339 e. The minimum Gasteiger partial charge on any atom is -0.465 e. The van der Waals surface area contributed by atoms with Gasteiger partial charge in [0, 0.05) is 15.2 Å². The molecule has 0 aliphatic heterocycles. The highest BCUT2D eigenvalue weighted by Gasteiger charge is 2.16. The van der Waals surface area contributed by atoms with Crippen LogP contribution in [0.15, 0.2) is 22.7 Å². The summed E-state index contributed by atoms with van der Waals surface area (Å²) >= 11 is 3.15. The maximum atomic E-state index is 11.3. The molecule has 0 aliphatic rings. The predicted molar refractivity (Wildman–Crippen MR) is 64.0 cm³/mol. The Kier molecular flexibility index (Phi) is 4.35. The lowest BCUT2D eigenvalue weighted by molar-refractivity contribution is 0.0599. The number of methoxy groups -OCH3 is 1. The van der Waals surface area contributed by atoms with Gasteiger partial charge in [0.25, 0.3) is 0 Å². The first-order valence-corrected chi connectivity index (χ1v) is 7.40. The van der Waals surface area contributed by atoms with Crippen molar-refractivity contribution in [3.63, 3.8) is 0 Å². The number of carbonyl (C=O) groups is 1. The summed E-state index contributed by atoms with van der Waals surface area (Å²) in [5, 5.41) is 0. The van der Waals surface area contributed by atoms with Crippen LogP contribution in [0.2, 0.25) is 0 Å². The van der Waals surface area contributed by atoms with Crippen molar-refractivity contribution in [2.24, 2.45) is 0 Å². The van der Waals surface area contributed by atoms with Crippen LogP contribution in [0.4, 0.5) is 0 Å². The Hall–Kier alpha value is -0.590. The Balaban J connectivity index is 3.19. The van der Waals surface area contributed by atoms with Crippen molar-refractivity contribution in [1.82, 2.24) is 0 Å². The predicted octanol–water partition coefficient (Wildman–Crippen LogP) is 2.30. The molecule has 88 valence electrons. The van der Waals surface area contributed by atoms with E-state index < -0.39 is 15.0 Å². The van der Waals surface area contributed by atoms with Crippen LogP contribution in [0.1, 0.15) is 15.9 Å². The second-order valence-corrected chi connectivity index (χ2v) is 6.52. The number of carbonyl (C=O) groups excluding carboxylic acids is 1. The van der Waals surface area contributed by atoms with Crippen molar-refractivity contribution in [2.75, 3.05) is 7.11 Å². The number of hydrogen-bond acceptors (Lipinski definition) is 4. The Morgan fingerprint density at radius 2 is 2.12 bits per heavy atom. The molecule has 0 unspecified atom stereocenters. The highest BCUT2D eigenvalue weighted by atomic mass is 79.9. The van der Waals surface area contributed by atoms with Crippen molar-refractivity contribution in [3.8, 4) is 0 Å². The Labute approximate surface area is 106 Å². The molecule has 16 heavy (non-hydrogen) atoms. The summed E-state index contributed by atoms with van der Waals surface area (Å²) < 4.78 is 26.8. The topological polar surface area (TPSA) is 60.4 Å². The van der Waals surface area contributed by atoms with Crippen LogP contribution in [0, 0.1) is 0 Å². The molecular weight excluding hydrogens is 320 g/mol. The monoisotopic (exact) mass is 326 g/mol. The molecule has 1 aromatic rings. The largest absolute Gasteiger partial charge is 0.465 e. The van der Waals surface area contributed by atoms with E-state index in [1.807, 2.05) is 0 Å². The van der Waals surface area contributed by atoms with Crippen molar-refractivity contribution in [2.45, 2.75) is 5.75 Å². The molecule has 0 bridgehead atoms. The molecule has 4 nitrogen and oxygen atoms in total. The van der Waals surface area contributed by atoms with Gasteiger partial charge in [-0.25, -0.2) is 13.2 Å². The first-order chi connectivity index (χ1) is 7.35. The zero-order chi connectivity index (χ0) is 12.3. The third-order valence-electron chi connectivity index (χ3n) is 1.81. The van der Waals surface area contributed by atoms with Crippen LogP contribution < -0.4 is 0 Å². The first-order valence-electron chi connectivity index (χ1n) is 4.13. The number of rotatable bonds is 3. The average molecular weight is 328 g/mol. The highest BCUT2D eigenvalue weighted by Crippen LogP contribution is 2.25. The van der Waals surface area contributed by atoms with E-state index in [0.717, 1.165) is 0 Å². The molecule has 1 aromatic carbocycles. The zero-order valence-electron chi connectivity index (χ0n) is 8.24. The van der Waals surface area contributed by atoms with E-state index in [0.29, 0.717) is 10.0 Å². The van der Waals surface area contributed by atoms with Gasteiger partial charge in [0.05, 0.1) is 18.4 Å².